The number of benzene rings is 2. The summed E-state index contributed by atoms with van der Waals surface area (Å²) < 4.78 is 10.8. The zero-order valence-electron chi connectivity index (χ0n) is 16.8. The Morgan fingerprint density at radius 2 is 1.68 bits per heavy atom. The smallest absolute Gasteiger partial charge is 0.261 e. The highest BCUT2D eigenvalue weighted by atomic mass is 16.5. The lowest BCUT2D eigenvalue weighted by Gasteiger charge is -2.15. The number of ether oxygens (including phenoxy) is 2. The van der Waals surface area contributed by atoms with Crippen LogP contribution in [0, 0.1) is 5.92 Å². The fraction of sp³-hybridized carbons (Fsp3) is 0.364. The van der Waals surface area contributed by atoms with Gasteiger partial charge >= 0.3 is 0 Å². The van der Waals surface area contributed by atoms with Crippen molar-refractivity contribution in [2.45, 2.75) is 39.8 Å². The summed E-state index contributed by atoms with van der Waals surface area (Å²) in [6, 6.07) is 14.5. The Morgan fingerprint density at radius 3 is 2.32 bits per heavy atom. The van der Waals surface area contributed by atoms with E-state index in [0.717, 1.165) is 17.0 Å². The van der Waals surface area contributed by atoms with E-state index in [0.29, 0.717) is 24.6 Å². The molecule has 0 bridgehead atoms. The molecule has 0 aromatic heterocycles. The summed E-state index contributed by atoms with van der Waals surface area (Å²) in [5.41, 5.74) is 1.62. The van der Waals surface area contributed by atoms with Crippen molar-refractivity contribution in [2.75, 3.05) is 12.4 Å². The second-order valence-electron chi connectivity index (χ2n) is 7.00. The zero-order chi connectivity index (χ0) is 20.5. The average Bonchev–Trinajstić information content (AvgIpc) is 2.66. The highest BCUT2D eigenvalue weighted by Crippen LogP contribution is 2.18. The molecule has 0 saturated heterocycles. The van der Waals surface area contributed by atoms with Gasteiger partial charge in [-0.2, -0.15) is 0 Å². The number of amides is 2. The Balaban J connectivity index is 1.85. The predicted octanol–water partition coefficient (Wildman–Crippen LogP) is 3.76. The highest BCUT2D eigenvalue weighted by molar-refractivity contribution is 5.90. The molecule has 1 unspecified atom stereocenters. The molecule has 0 heterocycles. The molecule has 0 saturated carbocycles. The van der Waals surface area contributed by atoms with Crippen LogP contribution < -0.4 is 20.1 Å². The molecule has 2 aromatic rings. The molecule has 1 atom stereocenters. The lowest BCUT2D eigenvalue weighted by atomic mass is 10.1. The number of carbonyl (C=O) groups excluding carboxylic acids is 2. The molecule has 6 heteroatoms. The Morgan fingerprint density at radius 1 is 1.00 bits per heavy atom. The average molecular weight is 384 g/mol. The van der Waals surface area contributed by atoms with Crippen molar-refractivity contribution in [3.63, 3.8) is 0 Å². The van der Waals surface area contributed by atoms with Crippen molar-refractivity contribution in [3.8, 4) is 11.5 Å². The Hall–Kier alpha value is -3.02. The van der Waals surface area contributed by atoms with Crippen LogP contribution in [0.1, 0.15) is 32.8 Å². The van der Waals surface area contributed by atoms with Crippen LogP contribution in [0.5, 0.6) is 11.5 Å². The Labute approximate surface area is 166 Å². The quantitative estimate of drug-likeness (QED) is 0.690. The van der Waals surface area contributed by atoms with Gasteiger partial charge in [0, 0.05) is 18.7 Å². The molecule has 2 amide bonds. The minimum atomic E-state index is -0.637. The van der Waals surface area contributed by atoms with E-state index >= 15 is 0 Å². The number of hydrogen-bond acceptors (Lipinski definition) is 4. The van der Waals surface area contributed by atoms with Gasteiger partial charge in [0.1, 0.15) is 11.5 Å². The second-order valence-corrected chi connectivity index (χ2v) is 7.00. The van der Waals surface area contributed by atoms with Crippen LogP contribution in [-0.4, -0.2) is 25.0 Å². The highest BCUT2D eigenvalue weighted by Gasteiger charge is 2.14. The first-order valence-electron chi connectivity index (χ1n) is 9.34. The maximum Gasteiger partial charge on any atom is 0.261 e. The third-order valence-electron chi connectivity index (χ3n) is 4.01. The van der Waals surface area contributed by atoms with Crippen molar-refractivity contribution in [1.29, 1.82) is 0 Å². The summed E-state index contributed by atoms with van der Waals surface area (Å²) in [5, 5.41) is 5.73. The number of anilines is 1. The third-order valence-corrected chi connectivity index (χ3v) is 4.01. The Kier molecular flexibility index (Phi) is 7.87. The van der Waals surface area contributed by atoms with E-state index in [4.69, 9.17) is 9.47 Å². The van der Waals surface area contributed by atoms with E-state index < -0.39 is 6.10 Å². The second kappa shape index (κ2) is 10.3. The third kappa shape index (κ3) is 6.95. The summed E-state index contributed by atoms with van der Waals surface area (Å²) in [6.45, 7) is 6.05. The number of rotatable bonds is 9. The monoisotopic (exact) mass is 384 g/mol. The molecule has 0 spiro atoms. The normalized spacial score (nSPS) is 11.6. The molecule has 0 aliphatic carbocycles. The zero-order valence-corrected chi connectivity index (χ0v) is 16.8. The van der Waals surface area contributed by atoms with Crippen LogP contribution in [-0.2, 0) is 16.1 Å². The van der Waals surface area contributed by atoms with E-state index in [1.807, 2.05) is 38.1 Å². The number of nitrogens with one attached hydrogen (secondary N) is 2. The van der Waals surface area contributed by atoms with Crippen molar-refractivity contribution < 1.29 is 19.1 Å². The maximum atomic E-state index is 12.3. The van der Waals surface area contributed by atoms with Gasteiger partial charge in [0.05, 0.1) is 7.11 Å². The first-order chi connectivity index (χ1) is 13.4. The molecular formula is C22H28N2O4. The van der Waals surface area contributed by atoms with Gasteiger partial charge in [-0.1, -0.05) is 26.0 Å². The van der Waals surface area contributed by atoms with Crippen LogP contribution in [0.25, 0.3) is 0 Å². The molecule has 28 heavy (non-hydrogen) atoms. The van der Waals surface area contributed by atoms with E-state index in [9.17, 15) is 9.59 Å². The minimum absolute atomic E-state index is 0.0160. The van der Waals surface area contributed by atoms with E-state index in [2.05, 4.69) is 10.6 Å². The number of methoxy groups -OCH3 is 1. The molecule has 2 rings (SSSR count). The fourth-order valence-corrected chi connectivity index (χ4v) is 2.59. The van der Waals surface area contributed by atoms with Crippen molar-refractivity contribution in [3.05, 3.63) is 54.1 Å². The minimum Gasteiger partial charge on any atom is -0.497 e. The van der Waals surface area contributed by atoms with Gasteiger partial charge in [-0.05, 0) is 54.8 Å². The van der Waals surface area contributed by atoms with Crippen LogP contribution in [0.2, 0.25) is 0 Å². The van der Waals surface area contributed by atoms with E-state index in [1.165, 1.54) is 0 Å². The summed E-state index contributed by atoms with van der Waals surface area (Å²) in [7, 11) is 1.59. The van der Waals surface area contributed by atoms with E-state index in [-0.39, 0.29) is 11.8 Å². The summed E-state index contributed by atoms with van der Waals surface area (Å²) in [6.07, 6.45) is -0.163. The SMILES string of the molecule is COc1ccc(OC(C)C(=O)NCc2cccc(NC(=O)CC(C)C)c2)cc1. The van der Waals surface area contributed by atoms with Crippen molar-refractivity contribution in [2.24, 2.45) is 5.92 Å². The number of hydrogen-bond donors (Lipinski definition) is 2. The molecule has 0 aliphatic heterocycles. The first-order valence-corrected chi connectivity index (χ1v) is 9.34. The van der Waals surface area contributed by atoms with Gasteiger partial charge in [0.15, 0.2) is 6.10 Å². The predicted molar refractivity (Wildman–Crippen MR) is 109 cm³/mol. The molecule has 0 fully saturated rings. The standard InChI is InChI=1S/C22H28N2O4/c1-15(2)12-21(25)24-18-7-5-6-17(13-18)14-23-22(26)16(3)28-20-10-8-19(27-4)9-11-20/h5-11,13,15-16H,12,14H2,1-4H3,(H,23,26)(H,24,25). The molecular weight excluding hydrogens is 356 g/mol. The van der Waals surface area contributed by atoms with Crippen LogP contribution >= 0.6 is 0 Å². The van der Waals surface area contributed by atoms with Gasteiger partial charge in [-0.3, -0.25) is 9.59 Å². The van der Waals surface area contributed by atoms with Crippen molar-refractivity contribution in [1.82, 2.24) is 5.32 Å². The number of carbonyl (C=O) groups is 2. The molecule has 0 aliphatic rings. The lowest BCUT2D eigenvalue weighted by molar-refractivity contribution is -0.127. The molecule has 2 aromatic carbocycles. The fourth-order valence-electron chi connectivity index (χ4n) is 2.59. The van der Waals surface area contributed by atoms with E-state index in [1.54, 1.807) is 38.3 Å². The lowest BCUT2D eigenvalue weighted by Crippen LogP contribution is -2.35. The van der Waals surface area contributed by atoms with Crippen molar-refractivity contribution >= 4 is 17.5 Å². The maximum absolute atomic E-state index is 12.3. The van der Waals surface area contributed by atoms with Crippen LogP contribution in [0.4, 0.5) is 5.69 Å². The largest absolute Gasteiger partial charge is 0.497 e. The van der Waals surface area contributed by atoms with Crippen LogP contribution in [0.3, 0.4) is 0 Å². The first kappa shape index (κ1) is 21.3. The van der Waals surface area contributed by atoms with Gasteiger partial charge in [0.25, 0.3) is 5.91 Å². The summed E-state index contributed by atoms with van der Waals surface area (Å²) in [5.74, 6) is 1.39. The summed E-state index contributed by atoms with van der Waals surface area (Å²) >= 11 is 0. The molecule has 6 nitrogen and oxygen atoms in total. The summed E-state index contributed by atoms with van der Waals surface area (Å²) in [4.78, 5) is 24.2. The van der Waals surface area contributed by atoms with Crippen LogP contribution in [0.15, 0.2) is 48.5 Å². The molecule has 150 valence electrons. The molecule has 0 radical (unpaired) electrons. The van der Waals surface area contributed by atoms with Gasteiger partial charge in [-0.15, -0.1) is 0 Å². The Bertz CT molecular complexity index is 787. The topological polar surface area (TPSA) is 76.7 Å². The van der Waals surface area contributed by atoms with Gasteiger partial charge < -0.3 is 20.1 Å². The van der Waals surface area contributed by atoms with Gasteiger partial charge in [-0.25, -0.2) is 0 Å². The molecule has 2 N–H and O–H groups in total. The van der Waals surface area contributed by atoms with Gasteiger partial charge in [0.2, 0.25) is 5.91 Å².